The highest BCUT2D eigenvalue weighted by Crippen LogP contribution is 2.26. The Balaban J connectivity index is 1.79. The van der Waals surface area contributed by atoms with Crippen LogP contribution in [0.1, 0.15) is 25.5 Å². The molecule has 9 heteroatoms. The number of nitrogens with one attached hydrogen (secondary N) is 1. The van der Waals surface area contributed by atoms with E-state index < -0.39 is 24.1 Å². The molecule has 144 valence electrons. The third kappa shape index (κ3) is 3.92. The second kappa shape index (κ2) is 7.75. The second-order valence-electron chi connectivity index (χ2n) is 6.25. The molecule has 2 aromatic rings. The zero-order valence-corrected chi connectivity index (χ0v) is 15.2. The molecule has 3 rings (SSSR count). The first-order valence-corrected chi connectivity index (χ1v) is 8.47. The molecular weight excluding hydrogens is 355 g/mol. The first-order chi connectivity index (χ1) is 12.9. The van der Waals surface area contributed by atoms with Crippen molar-refractivity contribution in [3.8, 4) is 5.75 Å². The molecule has 1 fully saturated rings. The number of methoxy groups -OCH3 is 1. The lowest BCUT2D eigenvalue weighted by Gasteiger charge is -2.23. The van der Waals surface area contributed by atoms with Crippen LogP contribution in [0, 0.1) is 5.82 Å². The lowest BCUT2D eigenvalue weighted by Crippen LogP contribution is -2.41. The van der Waals surface area contributed by atoms with E-state index in [1.165, 1.54) is 24.3 Å². The third-order valence-corrected chi connectivity index (χ3v) is 4.37. The maximum atomic E-state index is 13.9. The number of amides is 1. The van der Waals surface area contributed by atoms with Gasteiger partial charge in [0.2, 0.25) is 5.95 Å². The fraction of sp³-hybridized carbons (Fsp3) is 0.389. The predicted octanol–water partition coefficient (Wildman–Crippen LogP) is 2.50. The van der Waals surface area contributed by atoms with Gasteiger partial charge in [-0.15, -0.1) is 0 Å². The Labute approximate surface area is 155 Å². The highest BCUT2D eigenvalue weighted by molar-refractivity contribution is 5.89. The van der Waals surface area contributed by atoms with E-state index in [1.54, 1.807) is 25.1 Å². The molecule has 2 N–H and O–H groups in total. The minimum Gasteiger partial charge on any atom is -0.494 e. The summed E-state index contributed by atoms with van der Waals surface area (Å²) in [5, 5.41) is 12.9. The van der Waals surface area contributed by atoms with Crippen molar-refractivity contribution in [3.63, 3.8) is 0 Å². The number of nitrogens with zero attached hydrogens (tertiary/aromatic N) is 3. The van der Waals surface area contributed by atoms with Gasteiger partial charge in [0, 0.05) is 6.20 Å². The molecule has 0 aliphatic carbocycles. The Morgan fingerprint density at radius 2 is 2.19 bits per heavy atom. The largest absolute Gasteiger partial charge is 0.494 e. The summed E-state index contributed by atoms with van der Waals surface area (Å²) in [6.45, 7) is 3.51. The maximum Gasteiger partial charge on any atom is 0.416 e. The second-order valence-corrected chi connectivity index (χ2v) is 6.25. The minimum atomic E-state index is -0.774. The zero-order chi connectivity index (χ0) is 19.6. The van der Waals surface area contributed by atoms with Crippen LogP contribution in [-0.2, 0) is 4.74 Å². The van der Waals surface area contributed by atoms with Crippen LogP contribution in [0.2, 0.25) is 0 Å². The molecule has 1 aliphatic rings. The van der Waals surface area contributed by atoms with E-state index in [0.717, 1.165) is 0 Å². The van der Waals surface area contributed by atoms with Gasteiger partial charge < -0.3 is 19.9 Å². The molecule has 0 bridgehead atoms. The van der Waals surface area contributed by atoms with Gasteiger partial charge in [-0.1, -0.05) is 6.07 Å². The number of rotatable bonds is 6. The van der Waals surface area contributed by atoms with E-state index in [9.17, 15) is 14.3 Å². The van der Waals surface area contributed by atoms with Crippen LogP contribution in [-0.4, -0.2) is 47.0 Å². The molecule has 0 radical (unpaired) electrons. The summed E-state index contributed by atoms with van der Waals surface area (Å²) in [5.74, 6) is 0.285. The summed E-state index contributed by atoms with van der Waals surface area (Å²) < 4.78 is 23.8. The number of ether oxygens (including phenoxy) is 2. The Morgan fingerprint density at radius 1 is 1.41 bits per heavy atom. The summed E-state index contributed by atoms with van der Waals surface area (Å²) in [7, 11) is 1.41. The quantitative estimate of drug-likeness (QED) is 0.799. The highest BCUT2D eigenvalue weighted by atomic mass is 19.1. The number of hydrogen-bond acceptors (Lipinski definition) is 7. The van der Waals surface area contributed by atoms with Crippen molar-refractivity contribution in [3.05, 3.63) is 41.8 Å². The number of cyclic esters (lactones) is 1. The number of halogens is 1. The van der Waals surface area contributed by atoms with Gasteiger partial charge in [0.05, 0.1) is 19.3 Å². The maximum absolute atomic E-state index is 13.9. The van der Waals surface area contributed by atoms with E-state index in [0.29, 0.717) is 11.4 Å². The number of aromatic nitrogens is 2. The number of carbonyl (C=O) groups excluding carboxylic acids is 1. The van der Waals surface area contributed by atoms with E-state index in [4.69, 9.17) is 9.47 Å². The standard InChI is InChI=1S/C18H21FN4O4/c1-10(12-4-5-15(26-3)13(19)8-12)21-17-20-7-6-16(22-17)23-14(11(2)24)9-27-18(23)25/h4-8,10-11,14,24H,9H2,1-3H3,(H,20,21,22)/t10-,11+,14+/m0/s1. The normalized spacial score (nSPS) is 18.8. The molecule has 0 spiro atoms. The van der Waals surface area contributed by atoms with Crippen molar-refractivity contribution >= 4 is 17.9 Å². The van der Waals surface area contributed by atoms with Crippen LogP contribution < -0.4 is 15.0 Å². The molecule has 1 amide bonds. The van der Waals surface area contributed by atoms with Crippen molar-refractivity contribution in [2.75, 3.05) is 23.9 Å². The molecule has 1 aromatic heterocycles. The molecule has 0 saturated carbocycles. The number of aliphatic hydroxyl groups excluding tert-OH is 1. The third-order valence-electron chi connectivity index (χ3n) is 4.37. The van der Waals surface area contributed by atoms with Crippen LogP contribution in [0.4, 0.5) is 21.0 Å². The van der Waals surface area contributed by atoms with Gasteiger partial charge in [-0.3, -0.25) is 4.90 Å². The summed E-state index contributed by atoms with van der Waals surface area (Å²) in [6.07, 6.45) is 0.149. The molecule has 2 heterocycles. The fourth-order valence-corrected chi connectivity index (χ4v) is 2.84. The van der Waals surface area contributed by atoms with Gasteiger partial charge in [-0.2, -0.15) is 4.98 Å². The first-order valence-electron chi connectivity index (χ1n) is 8.47. The zero-order valence-electron chi connectivity index (χ0n) is 15.2. The number of benzene rings is 1. The number of aliphatic hydroxyl groups is 1. The molecule has 1 saturated heterocycles. The van der Waals surface area contributed by atoms with E-state index in [2.05, 4.69) is 15.3 Å². The lowest BCUT2D eigenvalue weighted by atomic mass is 10.1. The van der Waals surface area contributed by atoms with Gasteiger partial charge >= 0.3 is 6.09 Å². The average molecular weight is 376 g/mol. The molecular formula is C18H21FN4O4. The van der Waals surface area contributed by atoms with E-state index >= 15 is 0 Å². The monoisotopic (exact) mass is 376 g/mol. The van der Waals surface area contributed by atoms with Gasteiger partial charge in [0.1, 0.15) is 18.5 Å². The van der Waals surface area contributed by atoms with E-state index in [-0.39, 0.29) is 24.3 Å². The van der Waals surface area contributed by atoms with Crippen molar-refractivity contribution in [1.82, 2.24) is 9.97 Å². The van der Waals surface area contributed by atoms with E-state index in [1.807, 2.05) is 6.92 Å². The smallest absolute Gasteiger partial charge is 0.416 e. The highest BCUT2D eigenvalue weighted by Gasteiger charge is 2.38. The van der Waals surface area contributed by atoms with Crippen molar-refractivity contribution in [2.24, 2.45) is 0 Å². The topological polar surface area (TPSA) is 96.8 Å². The fourth-order valence-electron chi connectivity index (χ4n) is 2.84. The van der Waals surface area contributed by atoms with Crippen LogP contribution >= 0.6 is 0 Å². The lowest BCUT2D eigenvalue weighted by molar-refractivity contribution is 0.142. The molecule has 3 atom stereocenters. The summed E-state index contributed by atoms with van der Waals surface area (Å²) in [5.41, 5.74) is 0.685. The van der Waals surface area contributed by atoms with Crippen molar-refractivity contribution < 1.29 is 23.8 Å². The summed E-state index contributed by atoms with van der Waals surface area (Å²) >= 11 is 0. The van der Waals surface area contributed by atoms with Crippen LogP contribution in [0.15, 0.2) is 30.5 Å². The van der Waals surface area contributed by atoms with Crippen LogP contribution in [0.25, 0.3) is 0 Å². The molecule has 8 nitrogen and oxygen atoms in total. The van der Waals surface area contributed by atoms with Crippen molar-refractivity contribution in [1.29, 1.82) is 0 Å². The number of hydrogen-bond donors (Lipinski definition) is 2. The predicted molar refractivity (Wildman–Crippen MR) is 96.3 cm³/mol. The summed E-state index contributed by atoms with van der Waals surface area (Å²) in [6, 6.07) is 5.41. The van der Waals surface area contributed by atoms with Gasteiger partial charge in [0.25, 0.3) is 0 Å². The minimum absolute atomic E-state index is 0.0881. The van der Waals surface area contributed by atoms with Gasteiger partial charge in [-0.05, 0) is 37.6 Å². The Morgan fingerprint density at radius 3 is 2.85 bits per heavy atom. The van der Waals surface area contributed by atoms with Gasteiger partial charge in [-0.25, -0.2) is 14.2 Å². The van der Waals surface area contributed by atoms with Crippen molar-refractivity contribution in [2.45, 2.75) is 32.0 Å². The molecule has 0 unspecified atom stereocenters. The Kier molecular flexibility index (Phi) is 5.41. The molecule has 27 heavy (non-hydrogen) atoms. The number of carbonyl (C=O) groups is 1. The SMILES string of the molecule is COc1ccc([C@H](C)Nc2nccc(N3C(=O)OC[C@@H]3[C@@H](C)O)n2)cc1F. The Bertz CT molecular complexity index is 833. The number of anilines is 2. The van der Waals surface area contributed by atoms with Crippen LogP contribution in [0.3, 0.4) is 0 Å². The summed E-state index contributed by atoms with van der Waals surface area (Å²) in [4.78, 5) is 21.8. The average Bonchev–Trinajstić information content (AvgIpc) is 3.03. The molecule has 1 aliphatic heterocycles. The van der Waals surface area contributed by atoms with Crippen LogP contribution in [0.5, 0.6) is 5.75 Å². The molecule has 1 aromatic carbocycles. The first kappa shape index (κ1) is 18.8. The Hall–Kier alpha value is -2.94. The van der Waals surface area contributed by atoms with Gasteiger partial charge in [0.15, 0.2) is 11.6 Å².